The number of benzene rings is 2. The molecule has 2 aromatic carbocycles. The Kier molecular flexibility index (Phi) is 3.19. The monoisotopic (exact) mass is 283 g/mol. The number of anilines is 2. The van der Waals surface area contributed by atoms with Crippen LogP contribution in [0.1, 0.15) is 10.5 Å². The molecule has 0 saturated carbocycles. The Bertz CT molecular complexity index is 836. The quantitative estimate of drug-likeness (QED) is 0.772. The molecule has 1 aromatic heterocycles. The van der Waals surface area contributed by atoms with Crippen LogP contribution in [0.4, 0.5) is 15.8 Å². The zero-order valence-electron chi connectivity index (χ0n) is 10.7. The van der Waals surface area contributed by atoms with Gasteiger partial charge in [-0.1, -0.05) is 30.3 Å². The highest BCUT2D eigenvalue weighted by Crippen LogP contribution is 2.28. The van der Waals surface area contributed by atoms with E-state index < -0.39 is 11.8 Å². The number of nitrogens with zero attached hydrogens (tertiary/aromatic N) is 2. The Morgan fingerprint density at radius 1 is 1.05 bits per heavy atom. The van der Waals surface area contributed by atoms with Gasteiger partial charge in [-0.2, -0.15) is 0 Å². The molecule has 1 heterocycles. The van der Waals surface area contributed by atoms with E-state index in [0.29, 0.717) is 10.9 Å². The molecule has 0 atom stereocenters. The predicted molar refractivity (Wildman–Crippen MR) is 76.2 cm³/mol. The molecule has 3 rings (SSSR count). The molecule has 6 heteroatoms. The Balaban J connectivity index is 2.21. The standard InChI is InChI=1S/C15H10FN3O2/c16-10-6-2-4-8-12(10)17-13-9-5-1-3-7-11(9)18-19-14(13)15(20)21/h1-8H,(H,17,18)(H,20,21). The van der Waals surface area contributed by atoms with Gasteiger partial charge in [-0.15, -0.1) is 10.2 Å². The van der Waals surface area contributed by atoms with Crippen molar-refractivity contribution in [3.8, 4) is 0 Å². The maximum absolute atomic E-state index is 13.8. The number of para-hydroxylation sites is 1. The lowest BCUT2D eigenvalue weighted by Crippen LogP contribution is -2.08. The normalized spacial score (nSPS) is 10.5. The third kappa shape index (κ3) is 2.38. The molecule has 0 spiro atoms. The van der Waals surface area contributed by atoms with Gasteiger partial charge >= 0.3 is 5.97 Å². The number of halogens is 1. The highest BCUT2D eigenvalue weighted by molar-refractivity contribution is 6.03. The number of fused-ring (bicyclic) bond motifs is 1. The summed E-state index contributed by atoms with van der Waals surface area (Å²) in [6.07, 6.45) is 0. The van der Waals surface area contributed by atoms with Crippen molar-refractivity contribution < 1.29 is 14.3 Å². The second-order valence-corrected chi connectivity index (χ2v) is 4.35. The van der Waals surface area contributed by atoms with E-state index in [2.05, 4.69) is 15.5 Å². The lowest BCUT2D eigenvalue weighted by molar-refractivity contribution is 0.0690. The van der Waals surface area contributed by atoms with E-state index in [1.54, 1.807) is 36.4 Å². The third-order valence-electron chi connectivity index (χ3n) is 3.00. The minimum absolute atomic E-state index is 0.179. The average molecular weight is 283 g/mol. The summed E-state index contributed by atoms with van der Waals surface area (Å²) in [6, 6.07) is 13.0. The molecule has 0 radical (unpaired) electrons. The van der Waals surface area contributed by atoms with E-state index >= 15 is 0 Å². The number of rotatable bonds is 3. The number of carbonyl (C=O) groups is 1. The van der Waals surface area contributed by atoms with Gasteiger partial charge in [0.05, 0.1) is 16.9 Å². The lowest BCUT2D eigenvalue weighted by Gasteiger charge is -2.12. The SMILES string of the molecule is O=C(O)c1nnc2ccccc2c1Nc1ccccc1F. The van der Waals surface area contributed by atoms with Gasteiger partial charge in [0.1, 0.15) is 5.82 Å². The van der Waals surface area contributed by atoms with Crippen molar-refractivity contribution in [3.63, 3.8) is 0 Å². The topological polar surface area (TPSA) is 75.1 Å². The van der Waals surface area contributed by atoms with Crippen LogP contribution in [0.5, 0.6) is 0 Å². The molecule has 0 unspecified atom stereocenters. The largest absolute Gasteiger partial charge is 0.476 e. The maximum Gasteiger partial charge on any atom is 0.358 e. The molecular formula is C15H10FN3O2. The molecule has 0 saturated heterocycles. The van der Waals surface area contributed by atoms with Crippen molar-refractivity contribution in [3.05, 3.63) is 60.0 Å². The van der Waals surface area contributed by atoms with E-state index in [-0.39, 0.29) is 17.1 Å². The van der Waals surface area contributed by atoms with E-state index in [4.69, 9.17) is 0 Å². The number of hydrogen-bond donors (Lipinski definition) is 2. The van der Waals surface area contributed by atoms with Crippen LogP contribution < -0.4 is 5.32 Å². The minimum Gasteiger partial charge on any atom is -0.476 e. The van der Waals surface area contributed by atoms with E-state index in [1.165, 1.54) is 12.1 Å². The first-order chi connectivity index (χ1) is 10.2. The van der Waals surface area contributed by atoms with Crippen molar-refractivity contribution in [2.75, 3.05) is 5.32 Å². The first kappa shape index (κ1) is 13.0. The van der Waals surface area contributed by atoms with Gasteiger partial charge in [-0.25, -0.2) is 9.18 Å². The molecule has 104 valence electrons. The van der Waals surface area contributed by atoms with Crippen LogP contribution in [0.25, 0.3) is 10.9 Å². The Hall–Kier alpha value is -3.02. The zero-order valence-corrected chi connectivity index (χ0v) is 10.7. The lowest BCUT2D eigenvalue weighted by atomic mass is 10.1. The summed E-state index contributed by atoms with van der Waals surface area (Å²) in [5.41, 5.74) is 0.676. The second kappa shape index (κ2) is 5.16. The summed E-state index contributed by atoms with van der Waals surface area (Å²) < 4.78 is 13.8. The van der Waals surface area contributed by atoms with Gasteiger partial charge < -0.3 is 10.4 Å². The summed E-state index contributed by atoms with van der Waals surface area (Å²) in [5, 5.41) is 20.2. The van der Waals surface area contributed by atoms with E-state index in [0.717, 1.165) is 0 Å². The van der Waals surface area contributed by atoms with Crippen LogP contribution in [-0.2, 0) is 0 Å². The van der Waals surface area contributed by atoms with Gasteiger partial charge in [0.2, 0.25) is 0 Å². The van der Waals surface area contributed by atoms with Crippen molar-refractivity contribution in [1.29, 1.82) is 0 Å². The molecule has 0 aliphatic carbocycles. The van der Waals surface area contributed by atoms with Gasteiger partial charge in [0, 0.05) is 5.39 Å². The molecule has 5 nitrogen and oxygen atoms in total. The van der Waals surface area contributed by atoms with Gasteiger partial charge in [-0.3, -0.25) is 0 Å². The highest BCUT2D eigenvalue weighted by Gasteiger charge is 2.17. The van der Waals surface area contributed by atoms with Gasteiger partial charge in [0.25, 0.3) is 0 Å². The van der Waals surface area contributed by atoms with Crippen molar-refractivity contribution in [2.24, 2.45) is 0 Å². The van der Waals surface area contributed by atoms with Crippen LogP contribution in [-0.4, -0.2) is 21.3 Å². The first-order valence-corrected chi connectivity index (χ1v) is 6.17. The second-order valence-electron chi connectivity index (χ2n) is 4.35. The van der Waals surface area contributed by atoms with Crippen LogP contribution in [0, 0.1) is 5.82 Å². The summed E-state index contributed by atoms with van der Waals surface area (Å²) in [7, 11) is 0. The molecule has 0 amide bonds. The van der Waals surface area contributed by atoms with E-state index in [9.17, 15) is 14.3 Å². The predicted octanol–water partition coefficient (Wildman–Crippen LogP) is 3.21. The van der Waals surface area contributed by atoms with Crippen LogP contribution in [0.3, 0.4) is 0 Å². The molecule has 0 fully saturated rings. The summed E-state index contributed by atoms with van der Waals surface area (Å²) >= 11 is 0. The van der Waals surface area contributed by atoms with Crippen molar-refractivity contribution >= 4 is 28.2 Å². The Morgan fingerprint density at radius 2 is 1.76 bits per heavy atom. The van der Waals surface area contributed by atoms with E-state index in [1.807, 2.05) is 0 Å². The number of carboxylic acids is 1. The molecule has 21 heavy (non-hydrogen) atoms. The fourth-order valence-electron chi connectivity index (χ4n) is 2.03. The van der Waals surface area contributed by atoms with Gasteiger partial charge in [0.15, 0.2) is 5.69 Å². The molecule has 0 aliphatic heterocycles. The molecule has 0 bridgehead atoms. The van der Waals surface area contributed by atoms with Crippen LogP contribution in [0.15, 0.2) is 48.5 Å². The zero-order chi connectivity index (χ0) is 14.8. The Morgan fingerprint density at radius 3 is 2.52 bits per heavy atom. The first-order valence-electron chi connectivity index (χ1n) is 6.17. The fourth-order valence-corrected chi connectivity index (χ4v) is 2.03. The average Bonchev–Trinajstić information content (AvgIpc) is 2.49. The number of hydrogen-bond acceptors (Lipinski definition) is 4. The number of nitrogens with one attached hydrogen (secondary N) is 1. The maximum atomic E-state index is 13.8. The minimum atomic E-state index is -1.23. The molecule has 2 N–H and O–H groups in total. The molecule has 3 aromatic rings. The van der Waals surface area contributed by atoms with Gasteiger partial charge in [-0.05, 0) is 18.2 Å². The summed E-state index contributed by atoms with van der Waals surface area (Å²) in [5.74, 6) is -1.71. The number of aromatic nitrogens is 2. The van der Waals surface area contributed by atoms with Crippen molar-refractivity contribution in [1.82, 2.24) is 10.2 Å². The smallest absolute Gasteiger partial charge is 0.358 e. The third-order valence-corrected chi connectivity index (χ3v) is 3.00. The van der Waals surface area contributed by atoms with Crippen LogP contribution >= 0.6 is 0 Å². The number of carboxylic acid groups (broad SMARTS) is 1. The molecule has 0 aliphatic rings. The van der Waals surface area contributed by atoms with Crippen molar-refractivity contribution in [2.45, 2.75) is 0 Å². The van der Waals surface area contributed by atoms with Crippen LogP contribution in [0.2, 0.25) is 0 Å². The molecular weight excluding hydrogens is 273 g/mol. The fraction of sp³-hybridized carbons (Fsp3) is 0. The number of aromatic carboxylic acids is 1. The Labute approximate surface area is 119 Å². The summed E-state index contributed by atoms with van der Waals surface area (Å²) in [6.45, 7) is 0. The summed E-state index contributed by atoms with van der Waals surface area (Å²) in [4.78, 5) is 11.3. The highest BCUT2D eigenvalue weighted by atomic mass is 19.1.